The average Bonchev–Trinajstić information content (AvgIpc) is 1.90. The van der Waals surface area contributed by atoms with Gasteiger partial charge in [0.05, 0.1) is 4.05 Å². The van der Waals surface area contributed by atoms with Crippen molar-refractivity contribution in [1.29, 1.82) is 0 Å². The molecule has 0 radical (unpaired) electrons. The van der Waals surface area contributed by atoms with Crippen LogP contribution >= 0.6 is 45.2 Å². The van der Waals surface area contributed by atoms with Gasteiger partial charge in [0.15, 0.2) is 0 Å². The highest BCUT2D eigenvalue weighted by Crippen LogP contribution is 2.09. The Kier molecular flexibility index (Phi) is 7.12. The van der Waals surface area contributed by atoms with Crippen molar-refractivity contribution in [3.63, 3.8) is 0 Å². The minimum atomic E-state index is 0.721. The first kappa shape index (κ1) is 10.4. The zero-order chi connectivity index (χ0) is 7.28. The maximum Gasteiger partial charge on any atom is 0.0708 e. The predicted octanol–water partition coefficient (Wildman–Crippen LogP) is 2.52. The molecule has 1 nitrogen and oxygen atoms in total. The summed E-state index contributed by atoms with van der Waals surface area (Å²) in [5.74, 6) is 0. The summed E-state index contributed by atoms with van der Waals surface area (Å²) >= 11 is 4.91. The molecule has 0 spiro atoms. The highest BCUT2D eigenvalue weighted by molar-refractivity contribution is 14.1. The Balaban J connectivity index is 3.50. The van der Waals surface area contributed by atoms with Crippen LogP contribution in [0.1, 0.15) is 13.8 Å². The summed E-state index contributed by atoms with van der Waals surface area (Å²) in [7, 11) is 0. The van der Waals surface area contributed by atoms with Crippen LogP contribution in [0.3, 0.4) is 0 Å². The summed E-state index contributed by atoms with van der Waals surface area (Å²) in [5, 5.41) is 0. The van der Waals surface area contributed by atoms with Gasteiger partial charge in [-0.1, -0.05) is 59.0 Å². The first-order chi connectivity index (χ1) is 4.26. The molecule has 0 saturated carbocycles. The molecule has 0 amide bonds. The fraction of sp³-hybridized carbons (Fsp3) is 1.00. The molecular weight excluding hydrogens is 340 g/mol. The molecule has 0 bridgehead atoms. The Morgan fingerprint density at radius 1 is 1.33 bits per heavy atom. The molecule has 1 atom stereocenters. The topological polar surface area (TPSA) is 3.24 Å². The van der Waals surface area contributed by atoms with E-state index in [0.717, 1.165) is 4.05 Å². The van der Waals surface area contributed by atoms with Gasteiger partial charge >= 0.3 is 0 Å². The van der Waals surface area contributed by atoms with Crippen LogP contribution in [0.5, 0.6) is 0 Å². The van der Waals surface area contributed by atoms with Gasteiger partial charge in [-0.3, -0.25) is 4.90 Å². The van der Waals surface area contributed by atoms with E-state index in [-0.39, 0.29) is 0 Å². The molecule has 0 aromatic rings. The lowest BCUT2D eigenvalue weighted by molar-refractivity contribution is 0.313. The van der Waals surface area contributed by atoms with Gasteiger partial charge in [-0.2, -0.15) is 0 Å². The number of nitrogens with zero attached hydrogens (tertiary/aromatic N) is 1. The zero-order valence-electron chi connectivity index (χ0n) is 5.90. The molecule has 3 heteroatoms. The average molecular weight is 353 g/mol. The number of hydrogen-bond donors (Lipinski definition) is 0. The van der Waals surface area contributed by atoms with E-state index in [9.17, 15) is 0 Å². The minimum Gasteiger partial charge on any atom is -0.292 e. The van der Waals surface area contributed by atoms with Crippen LogP contribution in [-0.2, 0) is 0 Å². The Morgan fingerprint density at radius 3 is 1.89 bits per heavy atom. The summed E-state index contributed by atoms with van der Waals surface area (Å²) in [5.41, 5.74) is 0. The molecule has 56 valence electrons. The first-order valence-corrected chi connectivity index (χ1v) is 5.97. The van der Waals surface area contributed by atoms with Crippen LogP contribution in [0, 0.1) is 0 Å². The maximum atomic E-state index is 2.49. The van der Waals surface area contributed by atoms with Gasteiger partial charge < -0.3 is 0 Å². The SMILES string of the molecule is CCN(CC)C(I)CI. The van der Waals surface area contributed by atoms with E-state index in [1.807, 2.05) is 0 Å². The Bertz CT molecular complexity index is 64.1. The van der Waals surface area contributed by atoms with E-state index in [1.165, 1.54) is 17.5 Å². The van der Waals surface area contributed by atoms with Crippen LogP contribution in [-0.4, -0.2) is 26.5 Å². The second-order valence-corrected chi connectivity index (χ2v) is 4.13. The normalized spacial score (nSPS) is 14.3. The second-order valence-electron chi connectivity index (χ2n) is 1.81. The molecule has 0 fully saturated rings. The van der Waals surface area contributed by atoms with E-state index < -0.39 is 0 Å². The van der Waals surface area contributed by atoms with Crippen molar-refractivity contribution in [2.75, 3.05) is 17.5 Å². The van der Waals surface area contributed by atoms with Gasteiger partial charge in [0.25, 0.3) is 0 Å². The Labute approximate surface area is 84.8 Å². The van der Waals surface area contributed by atoms with Gasteiger partial charge in [0, 0.05) is 4.43 Å². The van der Waals surface area contributed by atoms with Gasteiger partial charge in [-0.15, -0.1) is 0 Å². The molecule has 0 heterocycles. The number of alkyl halides is 2. The van der Waals surface area contributed by atoms with Crippen LogP contribution in [0.15, 0.2) is 0 Å². The number of halogens is 2. The predicted molar refractivity (Wildman–Crippen MR) is 59.6 cm³/mol. The summed E-state index contributed by atoms with van der Waals surface area (Å²) in [6.45, 7) is 6.77. The van der Waals surface area contributed by atoms with Crippen LogP contribution < -0.4 is 0 Å². The minimum absolute atomic E-state index is 0.721. The number of hydrogen-bond acceptors (Lipinski definition) is 1. The molecule has 1 unspecified atom stereocenters. The van der Waals surface area contributed by atoms with E-state index in [0.29, 0.717) is 0 Å². The van der Waals surface area contributed by atoms with E-state index in [1.54, 1.807) is 0 Å². The van der Waals surface area contributed by atoms with Gasteiger partial charge in [0.1, 0.15) is 0 Å². The monoisotopic (exact) mass is 353 g/mol. The smallest absolute Gasteiger partial charge is 0.0708 e. The lowest BCUT2D eigenvalue weighted by Crippen LogP contribution is -2.31. The van der Waals surface area contributed by atoms with Gasteiger partial charge in [0.2, 0.25) is 0 Å². The van der Waals surface area contributed by atoms with E-state index in [2.05, 4.69) is 63.9 Å². The Hall–Kier alpha value is 1.42. The van der Waals surface area contributed by atoms with Crippen LogP contribution in [0.4, 0.5) is 0 Å². The fourth-order valence-corrected chi connectivity index (χ4v) is 2.06. The van der Waals surface area contributed by atoms with Gasteiger partial charge in [-0.05, 0) is 13.1 Å². The molecule has 0 aliphatic carbocycles. The second kappa shape index (κ2) is 6.15. The van der Waals surface area contributed by atoms with Crippen molar-refractivity contribution in [2.24, 2.45) is 0 Å². The molecule has 0 aliphatic rings. The maximum absolute atomic E-state index is 2.49. The fourth-order valence-electron chi connectivity index (χ4n) is 0.717. The third-order valence-electron chi connectivity index (χ3n) is 1.34. The molecular formula is C6H13I2N. The molecule has 9 heavy (non-hydrogen) atoms. The third kappa shape index (κ3) is 3.98. The zero-order valence-corrected chi connectivity index (χ0v) is 10.2. The summed E-state index contributed by atoms with van der Waals surface area (Å²) in [6.07, 6.45) is 0. The van der Waals surface area contributed by atoms with Crippen molar-refractivity contribution in [3.05, 3.63) is 0 Å². The van der Waals surface area contributed by atoms with Crippen LogP contribution in [0.25, 0.3) is 0 Å². The van der Waals surface area contributed by atoms with E-state index in [4.69, 9.17) is 0 Å². The first-order valence-electron chi connectivity index (χ1n) is 3.20. The quantitative estimate of drug-likeness (QED) is 0.427. The highest BCUT2D eigenvalue weighted by atomic mass is 127. The highest BCUT2D eigenvalue weighted by Gasteiger charge is 2.07. The lowest BCUT2D eigenvalue weighted by atomic mass is 10.5. The van der Waals surface area contributed by atoms with Crippen molar-refractivity contribution in [3.8, 4) is 0 Å². The summed E-state index contributed by atoms with van der Waals surface area (Å²) < 4.78 is 1.94. The standard InChI is InChI=1S/C6H13I2N/c1-3-9(4-2)6(8)5-7/h6H,3-5H2,1-2H3. The van der Waals surface area contributed by atoms with Crippen molar-refractivity contribution < 1.29 is 0 Å². The van der Waals surface area contributed by atoms with Crippen molar-refractivity contribution >= 4 is 45.2 Å². The number of rotatable bonds is 4. The van der Waals surface area contributed by atoms with Crippen LogP contribution in [0.2, 0.25) is 0 Å². The van der Waals surface area contributed by atoms with Gasteiger partial charge in [-0.25, -0.2) is 0 Å². The third-order valence-corrected chi connectivity index (χ3v) is 5.08. The van der Waals surface area contributed by atoms with Crippen molar-refractivity contribution in [2.45, 2.75) is 17.9 Å². The lowest BCUT2D eigenvalue weighted by Gasteiger charge is -2.22. The molecule has 0 rings (SSSR count). The molecule has 0 aliphatic heterocycles. The molecule has 0 aromatic heterocycles. The largest absolute Gasteiger partial charge is 0.292 e. The molecule has 0 aromatic carbocycles. The van der Waals surface area contributed by atoms with Crippen molar-refractivity contribution in [1.82, 2.24) is 4.90 Å². The molecule has 0 N–H and O–H groups in total. The summed E-state index contributed by atoms with van der Waals surface area (Å²) in [6, 6.07) is 0. The van der Waals surface area contributed by atoms with E-state index >= 15 is 0 Å². The summed E-state index contributed by atoms with van der Waals surface area (Å²) in [4.78, 5) is 2.45. The molecule has 0 saturated heterocycles. The Morgan fingerprint density at radius 2 is 1.78 bits per heavy atom.